The summed E-state index contributed by atoms with van der Waals surface area (Å²) in [6.45, 7) is 11.3. The molecule has 0 aromatic heterocycles. The Kier molecular flexibility index (Phi) is 8.04. The van der Waals surface area contributed by atoms with E-state index in [0.717, 1.165) is 31.2 Å². The fraction of sp³-hybridized carbons (Fsp3) is 0.645. The number of likely N-dealkylation sites (tertiary alicyclic amines) is 1. The van der Waals surface area contributed by atoms with Gasteiger partial charge >= 0.3 is 13.2 Å². The number of benzene rings is 1. The molecule has 214 valence electrons. The number of carbonyl (C=O) groups excluding carboxylic acids is 2. The van der Waals surface area contributed by atoms with Crippen LogP contribution in [0.15, 0.2) is 42.0 Å². The van der Waals surface area contributed by atoms with Crippen molar-refractivity contribution in [1.29, 1.82) is 5.26 Å². The second-order valence-electron chi connectivity index (χ2n) is 13.1. The van der Waals surface area contributed by atoms with Crippen molar-refractivity contribution in [2.24, 2.45) is 23.2 Å². The lowest BCUT2D eigenvalue weighted by Gasteiger charge is -2.64. The molecule has 0 radical (unpaired) electrons. The number of hydrogen-bond acceptors (Lipinski definition) is 6. The zero-order valence-corrected chi connectivity index (χ0v) is 24.4. The van der Waals surface area contributed by atoms with E-state index in [9.17, 15) is 14.9 Å². The highest BCUT2D eigenvalue weighted by Crippen LogP contribution is 2.65. The van der Waals surface area contributed by atoms with E-state index in [2.05, 4.69) is 26.1 Å². The summed E-state index contributed by atoms with van der Waals surface area (Å²) in [7, 11) is -0.582. The van der Waals surface area contributed by atoms with Crippen molar-refractivity contribution in [3.05, 3.63) is 47.5 Å². The van der Waals surface area contributed by atoms with Crippen LogP contribution in [0.4, 0.5) is 4.79 Å². The number of hydrogen-bond donors (Lipinski definition) is 1. The van der Waals surface area contributed by atoms with Crippen LogP contribution in [0.5, 0.6) is 0 Å². The zero-order valence-electron chi connectivity index (χ0n) is 24.4. The third-order valence-electron chi connectivity index (χ3n) is 9.79. The van der Waals surface area contributed by atoms with Crippen LogP contribution < -0.4 is 5.32 Å². The Morgan fingerprint density at radius 3 is 2.67 bits per heavy atom. The first kappa shape index (κ1) is 28.7. The first-order valence-electron chi connectivity index (χ1n) is 14.8. The van der Waals surface area contributed by atoms with Gasteiger partial charge in [0.05, 0.1) is 23.7 Å². The van der Waals surface area contributed by atoms with Gasteiger partial charge in [0.25, 0.3) is 5.91 Å². The standard InChI is InChI=1S/C31H42BN3O5/c1-20(2)14-22(18-33)28(36)35-13-9-12-24(35)19-38-29(37)34-27(15-21-10-7-6-8-11-21)32-39-26-17-23-16-25(30(23,3)4)31(26,5)40-32/h6-8,10-11,14,20,23-27H,9,12-13,15-17,19H2,1-5H3,(H,34,37)/t23-,24+,25-,26+,27-,31-/m0/s1. The minimum Gasteiger partial charge on any atom is -0.447 e. The lowest BCUT2D eigenvalue weighted by molar-refractivity contribution is -0.199. The molecule has 2 bridgehead atoms. The summed E-state index contributed by atoms with van der Waals surface area (Å²) >= 11 is 0. The maximum absolute atomic E-state index is 13.1. The number of alkyl carbamates (subject to hydrolysis) is 1. The molecule has 1 N–H and O–H groups in total. The van der Waals surface area contributed by atoms with Crippen molar-refractivity contribution in [3.63, 3.8) is 0 Å². The average molecular weight is 548 g/mol. The molecule has 6 rings (SSSR count). The Balaban J connectivity index is 1.24. The summed E-state index contributed by atoms with van der Waals surface area (Å²) in [6, 6.07) is 11.8. The number of rotatable bonds is 8. The smallest absolute Gasteiger partial charge is 0.447 e. The molecular weight excluding hydrogens is 505 g/mol. The van der Waals surface area contributed by atoms with E-state index in [1.807, 2.05) is 50.2 Å². The van der Waals surface area contributed by atoms with Gasteiger partial charge in [-0.1, -0.05) is 64.1 Å². The first-order chi connectivity index (χ1) is 19.0. The fourth-order valence-corrected chi connectivity index (χ4v) is 7.44. The highest BCUT2D eigenvalue weighted by atomic mass is 16.7. The lowest BCUT2D eigenvalue weighted by atomic mass is 9.43. The number of ether oxygens (including phenoxy) is 1. The lowest BCUT2D eigenvalue weighted by Crippen LogP contribution is -2.65. The molecule has 0 spiro atoms. The van der Waals surface area contributed by atoms with E-state index < -0.39 is 19.2 Å². The predicted molar refractivity (Wildman–Crippen MR) is 152 cm³/mol. The molecule has 2 aliphatic heterocycles. The molecule has 9 heteroatoms. The number of allylic oxidation sites excluding steroid dienone is 1. The number of nitriles is 1. The summed E-state index contributed by atoms with van der Waals surface area (Å²) in [5.74, 6) is 0.420. The van der Waals surface area contributed by atoms with Gasteiger partial charge in [0.1, 0.15) is 18.2 Å². The van der Waals surface area contributed by atoms with Crippen LogP contribution in [0.1, 0.15) is 65.9 Å². The monoisotopic (exact) mass is 547 g/mol. The maximum Gasteiger partial charge on any atom is 0.482 e. The number of nitrogens with zero attached hydrogens (tertiary/aromatic N) is 2. The molecule has 2 saturated heterocycles. The van der Waals surface area contributed by atoms with Crippen molar-refractivity contribution < 1.29 is 23.6 Å². The number of carbonyl (C=O) groups is 2. The van der Waals surface area contributed by atoms with Crippen LogP contribution in [-0.4, -0.2) is 60.9 Å². The molecule has 5 aliphatic rings. The van der Waals surface area contributed by atoms with E-state index in [4.69, 9.17) is 14.0 Å². The maximum atomic E-state index is 13.1. The van der Waals surface area contributed by atoms with Crippen molar-refractivity contribution in [2.75, 3.05) is 13.2 Å². The molecule has 3 saturated carbocycles. The molecule has 40 heavy (non-hydrogen) atoms. The fourth-order valence-electron chi connectivity index (χ4n) is 7.44. The number of nitrogens with one attached hydrogen (secondary N) is 1. The Bertz CT molecular complexity index is 1180. The molecule has 2 amide bonds. The minimum absolute atomic E-state index is 0.0108. The highest BCUT2D eigenvalue weighted by molar-refractivity contribution is 6.47. The van der Waals surface area contributed by atoms with Crippen LogP contribution in [0, 0.1) is 34.5 Å². The van der Waals surface area contributed by atoms with Gasteiger partial charge in [0.15, 0.2) is 0 Å². The minimum atomic E-state index is -0.582. The quantitative estimate of drug-likeness (QED) is 0.288. The van der Waals surface area contributed by atoms with Crippen LogP contribution >= 0.6 is 0 Å². The third kappa shape index (κ3) is 5.41. The largest absolute Gasteiger partial charge is 0.482 e. The molecule has 6 atom stereocenters. The van der Waals surface area contributed by atoms with Gasteiger partial charge in [-0.05, 0) is 67.8 Å². The van der Waals surface area contributed by atoms with E-state index in [1.165, 1.54) is 0 Å². The Labute approximate surface area is 238 Å². The van der Waals surface area contributed by atoms with Crippen LogP contribution in [0.2, 0.25) is 0 Å². The second kappa shape index (κ2) is 11.2. The summed E-state index contributed by atoms with van der Waals surface area (Å²) in [5, 5.41) is 12.5. The Morgan fingerprint density at radius 2 is 2.00 bits per heavy atom. The van der Waals surface area contributed by atoms with E-state index in [0.29, 0.717) is 24.8 Å². The third-order valence-corrected chi connectivity index (χ3v) is 9.79. The van der Waals surface area contributed by atoms with Crippen molar-refractivity contribution in [3.8, 4) is 6.07 Å². The van der Waals surface area contributed by atoms with Gasteiger partial charge in [0.2, 0.25) is 0 Å². The van der Waals surface area contributed by atoms with Crippen LogP contribution in [-0.2, 0) is 25.3 Å². The first-order valence-corrected chi connectivity index (χ1v) is 14.8. The zero-order chi connectivity index (χ0) is 28.7. The van der Waals surface area contributed by atoms with E-state index in [1.54, 1.807) is 11.0 Å². The molecule has 8 nitrogen and oxygen atoms in total. The topological polar surface area (TPSA) is 101 Å². The van der Waals surface area contributed by atoms with Crippen LogP contribution in [0.25, 0.3) is 0 Å². The highest BCUT2D eigenvalue weighted by Gasteiger charge is 2.68. The van der Waals surface area contributed by atoms with Gasteiger partial charge < -0.3 is 24.3 Å². The average Bonchev–Trinajstić information content (AvgIpc) is 3.54. The molecule has 1 aromatic carbocycles. The van der Waals surface area contributed by atoms with E-state index >= 15 is 0 Å². The molecule has 5 fully saturated rings. The van der Waals surface area contributed by atoms with Crippen molar-refractivity contribution >= 4 is 19.1 Å². The normalized spacial score (nSPS) is 31.3. The SMILES string of the molecule is CC(C)C=C(C#N)C(=O)N1CCC[C@@H]1COC(=O)N[C@@H](Cc1ccccc1)B1O[C@@H]2C[C@@H]3C[C@@H](C3(C)C)[C@]2(C)O1. The van der Waals surface area contributed by atoms with E-state index in [-0.39, 0.29) is 47.2 Å². The summed E-state index contributed by atoms with van der Waals surface area (Å²) in [6.07, 6.45) is 5.34. The van der Waals surface area contributed by atoms with Gasteiger partial charge in [0, 0.05) is 6.54 Å². The van der Waals surface area contributed by atoms with Crippen molar-refractivity contribution in [2.45, 2.75) is 90.4 Å². The summed E-state index contributed by atoms with van der Waals surface area (Å²) in [4.78, 5) is 27.8. The molecular formula is C31H42BN3O5. The number of amides is 2. The van der Waals surface area contributed by atoms with Crippen molar-refractivity contribution in [1.82, 2.24) is 10.2 Å². The van der Waals surface area contributed by atoms with Gasteiger partial charge in [-0.25, -0.2) is 4.79 Å². The van der Waals surface area contributed by atoms with Gasteiger partial charge in [-0.2, -0.15) is 5.26 Å². The molecule has 1 aromatic rings. The summed E-state index contributed by atoms with van der Waals surface area (Å²) < 4.78 is 18.9. The molecule has 3 aliphatic carbocycles. The van der Waals surface area contributed by atoms with Crippen LogP contribution in [0.3, 0.4) is 0 Å². The molecule has 2 heterocycles. The molecule has 0 unspecified atom stereocenters. The predicted octanol–water partition coefficient (Wildman–Crippen LogP) is 4.69. The Hall–Kier alpha value is -2.83. The van der Waals surface area contributed by atoms with Gasteiger partial charge in [-0.15, -0.1) is 0 Å². The summed E-state index contributed by atoms with van der Waals surface area (Å²) in [5.41, 5.74) is 1.06. The second-order valence-corrected chi connectivity index (χ2v) is 13.1. The Morgan fingerprint density at radius 1 is 1.25 bits per heavy atom. The van der Waals surface area contributed by atoms with Gasteiger partial charge in [-0.3, -0.25) is 4.79 Å².